The normalized spacial score (nSPS) is 11.5. The van der Waals surface area contributed by atoms with E-state index in [4.69, 9.17) is 4.52 Å². The Morgan fingerprint density at radius 1 is 0.684 bits per heavy atom. The van der Waals surface area contributed by atoms with E-state index in [0.717, 1.165) is 0 Å². The van der Waals surface area contributed by atoms with Crippen molar-refractivity contribution in [3.05, 3.63) is 0 Å². The van der Waals surface area contributed by atoms with Gasteiger partial charge in [-0.3, -0.25) is 4.52 Å². The minimum absolute atomic E-state index is 0.0254. The van der Waals surface area contributed by atoms with E-state index in [-0.39, 0.29) is 15.8 Å². The number of rotatable bonds is 13. The average molecular weight is 305 g/mol. The Hall–Kier alpha value is 0.660. The first-order valence-electron chi connectivity index (χ1n) is 8.59. The van der Waals surface area contributed by atoms with Crippen LogP contribution < -0.4 is 0 Å². The zero-order valence-electron chi connectivity index (χ0n) is 13.9. The van der Waals surface area contributed by atoms with Gasteiger partial charge in [0.1, 0.15) is 0 Å². The van der Waals surface area contributed by atoms with Crippen molar-refractivity contribution in [2.75, 3.05) is 24.6 Å². The van der Waals surface area contributed by atoms with Gasteiger partial charge in [-0.15, -0.1) is 0 Å². The number of nitrogens with zero attached hydrogens (tertiary/aromatic N) is 1. The molecular formula is C16H37NP2. The molecule has 116 valence electrons. The van der Waals surface area contributed by atoms with Crippen LogP contribution in [0.3, 0.4) is 0 Å². The monoisotopic (exact) mass is 305 g/mol. The zero-order valence-corrected chi connectivity index (χ0v) is 15.8. The summed E-state index contributed by atoms with van der Waals surface area (Å²) in [6, 6.07) is 0. The van der Waals surface area contributed by atoms with Crippen molar-refractivity contribution >= 4 is 15.8 Å². The first-order valence-corrected chi connectivity index (χ1v) is 12.1. The summed E-state index contributed by atoms with van der Waals surface area (Å²) in [5.74, 6) is 0. The van der Waals surface area contributed by atoms with E-state index in [1.165, 1.54) is 76.0 Å². The number of hydrogen-bond donors (Lipinski definition) is 0. The molecule has 0 aliphatic heterocycles. The second-order valence-electron chi connectivity index (χ2n) is 5.53. The summed E-state index contributed by atoms with van der Waals surface area (Å²) in [5, 5.41) is 0. The molecule has 1 nitrogen and oxygen atoms in total. The molecule has 0 spiro atoms. The van der Waals surface area contributed by atoms with Crippen molar-refractivity contribution in [1.82, 2.24) is 0 Å². The van der Waals surface area contributed by atoms with Crippen LogP contribution in [0.5, 0.6) is 0 Å². The highest BCUT2D eigenvalue weighted by Crippen LogP contribution is 2.47. The van der Waals surface area contributed by atoms with Gasteiger partial charge in [-0.25, -0.2) is 0 Å². The van der Waals surface area contributed by atoms with E-state index in [1.807, 2.05) is 0 Å². The third-order valence-corrected chi connectivity index (χ3v) is 9.25. The predicted octanol–water partition coefficient (Wildman–Crippen LogP) is 6.98. The molecule has 0 rings (SSSR count). The van der Waals surface area contributed by atoms with Crippen LogP contribution in [0.1, 0.15) is 79.1 Å². The van der Waals surface area contributed by atoms with E-state index >= 15 is 0 Å². The van der Waals surface area contributed by atoms with Gasteiger partial charge in [0.2, 0.25) is 0 Å². The SMILES string of the molecule is CCCCP(CCCC)N=[PH](CCCC)CCCC. The summed E-state index contributed by atoms with van der Waals surface area (Å²) >= 11 is 0. The van der Waals surface area contributed by atoms with Crippen LogP contribution in [0.15, 0.2) is 4.52 Å². The lowest BCUT2D eigenvalue weighted by Gasteiger charge is -2.16. The molecule has 0 radical (unpaired) electrons. The van der Waals surface area contributed by atoms with Crippen molar-refractivity contribution in [1.29, 1.82) is 0 Å². The lowest BCUT2D eigenvalue weighted by atomic mass is 10.4. The van der Waals surface area contributed by atoms with Gasteiger partial charge < -0.3 is 0 Å². The van der Waals surface area contributed by atoms with E-state index in [9.17, 15) is 0 Å². The fraction of sp³-hybridized carbons (Fsp3) is 1.00. The van der Waals surface area contributed by atoms with Gasteiger partial charge in [0, 0.05) is 8.07 Å². The van der Waals surface area contributed by atoms with Crippen LogP contribution in [0.4, 0.5) is 0 Å². The Bertz CT molecular complexity index is 199. The molecule has 19 heavy (non-hydrogen) atoms. The van der Waals surface area contributed by atoms with E-state index in [2.05, 4.69) is 27.7 Å². The van der Waals surface area contributed by atoms with Crippen LogP contribution in [0.2, 0.25) is 0 Å². The summed E-state index contributed by atoms with van der Waals surface area (Å²) in [5.41, 5.74) is 0. The Kier molecular flexibility index (Phi) is 15.6. The lowest BCUT2D eigenvalue weighted by molar-refractivity contribution is 0.864. The van der Waals surface area contributed by atoms with Crippen LogP contribution in [-0.4, -0.2) is 24.6 Å². The van der Waals surface area contributed by atoms with Gasteiger partial charge in [-0.05, 0) is 58.0 Å². The molecule has 0 N–H and O–H groups in total. The fourth-order valence-electron chi connectivity index (χ4n) is 2.08. The summed E-state index contributed by atoms with van der Waals surface area (Å²) in [4.78, 5) is 0. The summed E-state index contributed by atoms with van der Waals surface area (Å²) in [6.45, 7) is 9.26. The van der Waals surface area contributed by atoms with Crippen molar-refractivity contribution in [3.63, 3.8) is 0 Å². The highest BCUT2D eigenvalue weighted by atomic mass is 31.2. The summed E-state index contributed by atoms with van der Waals surface area (Å²) < 4.78 is 5.39. The van der Waals surface area contributed by atoms with Gasteiger partial charge in [0.25, 0.3) is 0 Å². The Morgan fingerprint density at radius 3 is 1.47 bits per heavy atom. The molecule has 3 heteroatoms. The highest BCUT2D eigenvalue weighted by molar-refractivity contribution is 7.64. The maximum absolute atomic E-state index is 5.39. The molecule has 0 aliphatic rings. The van der Waals surface area contributed by atoms with Crippen molar-refractivity contribution in [2.45, 2.75) is 79.1 Å². The predicted molar refractivity (Wildman–Crippen MR) is 96.8 cm³/mol. The molecule has 0 saturated carbocycles. The van der Waals surface area contributed by atoms with Crippen LogP contribution in [0, 0.1) is 0 Å². The maximum atomic E-state index is 5.39. The van der Waals surface area contributed by atoms with Crippen molar-refractivity contribution < 1.29 is 0 Å². The minimum Gasteiger partial charge on any atom is -0.283 e. The topological polar surface area (TPSA) is 12.4 Å². The molecule has 0 saturated heterocycles. The van der Waals surface area contributed by atoms with Crippen molar-refractivity contribution in [3.8, 4) is 0 Å². The third-order valence-electron chi connectivity index (χ3n) is 3.46. The van der Waals surface area contributed by atoms with Crippen molar-refractivity contribution in [2.24, 2.45) is 4.52 Å². The minimum atomic E-state index is -0.375. The second-order valence-corrected chi connectivity index (χ2v) is 10.4. The average Bonchev–Trinajstić information content (AvgIpc) is 2.44. The Balaban J connectivity index is 4.44. The molecule has 0 amide bonds. The quantitative estimate of drug-likeness (QED) is 0.325. The van der Waals surface area contributed by atoms with Crippen LogP contribution in [-0.2, 0) is 0 Å². The number of hydrogen-bond acceptors (Lipinski definition) is 1. The molecule has 0 aromatic carbocycles. The summed E-state index contributed by atoms with van der Waals surface area (Å²) in [6.07, 6.45) is 16.7. The number of unbranched alkanes of at least 4 members (excludes halogenated alkanes) is 4. The molecule has 0 heterocycles. The molecule has 0 atom stereocenters. The molecule has 0 aliphatic carbocycles. The van der Waals surface area contributed by atoms with Crippen LogP contribution >= 0.6 is 15.8 Å². The summed E-state index contributed by atoms with van der Waals surface area (Å²) in [7, 11) is -0.349. The molecule has 0 unspecified atom stereocenters. The molecule has 0 aromatic rings. The van der Waals surface area contributed by atoms with Gasteiger partial charge in [0.05, 0.1) is 0 Å². The van der Waals surface area contributed by atoms with E-state index < -0.39 is 0 Å². The lowest BCUT2D eigenvalue weighted by Crippen LogP contribution is -1.90. The third kappa shape index (κ3) is 12.1. The van der Waals surface area contributed by atoms with E-state index in [0.29, 0.717) is 0 Å². The van der Waals surface area contributed by atoms with E-state index in [1.54, 1.807) is 0 Å². The standard InChI is InChI=1S/C16H37NP2/c1-5-9-13-18(14-10-6-2)17-19(15-11-7-3)16-12-8-4/h18H,5-16H2,1-4H3. The van der Waals surface area contributed by atoms with Crippen LogP contribution in [0.25, 0.3) is 0 Å². The largest absolute Gasteiger partial charge is 0.283 e. The van der Waals surface area contributed by atoms with Gasteiger partial charge in [-0.2, -0.15) is 0 Å². The van der Waals surface area contributed by atoms with Gasteiger partial charge in [0.15, 0.2) is 0 Å². The maximum Gasteiger partial charge on any atom is 0.0135 e. The fourth-order valence-corrected chi connectivity index (χ4v) is 8.64. The molecule has 0 bridgehead atoms. The van der Waals surface area contributed by atoms with Gasteiger partial charge in [-0.1, -0.05) is 53.4 Å². The molecule has 0 fully saturated rings. The smallest absolute Gasteiger partial charge is 0.0135 e. The second kappa shape index (κ2) is 15.1. The molecular weight excluding hydrogens is 268 g/mol. The highest BCUT2D eigenvalue weighted by Gasteiger charge is 2.07. The Labute approximate surface area is 124 Å². The Morgan fingerprint density at radius 2 is 1.11 bits per heavy atom. The first kappa shape index (κ1) is 19.7. The van der Waals surface area contributed by atoms with Gasteiger partial charge >= 0.3 is 0 Å². The molecule has 0 aromatic heterocycles. The first-order chi connectivity index (χ1) is 9.28. The zero-order chi connectivity index (χ0) is 14.3.